The third-order valence-electron chi connectivity index (χ3n) is 2.38. The second kappa shape index (κ2) is 3.77. The Bertz CT molecular complexity index is 616. The summed E-state index contributed by atoms with van der Waals surface area (Å²) in [6.45, 7) is 1.76. The quantitative estimate of drug-likeness (QED) is 0.725. The first-order chi connectivity index (χ1) is 7.63. The van der Waals surface area contributed by atoms with Crippen molar-refractivity contribution in [3.8, 4) is 0 Å². The maximum atomic E-state index is 11.5. The smallest absolute Gasteiger partial charge is 0.340 e. The van der Waals surface area contributed by atoms with Gasteiger partial charge in [0.1, 0.15) is 0 Å². The molecule has 0 bridgehead atoms. The van der Waals surface area contributed by atoms with E-state index in [1.807, 2.05) is 0 Å². The Morgan fingerprint density at radius 3 is 2.81 bits per heavy atom. The average Bonchev–Trinajstić information content (AvgIpc) is 2.27. The largest absolute Gasteiger partial charge is 0.465 e. The number of esters is 1. The van der Waals surface area contributed by atoms with Crippen molar-refractivity contribution in [1.29, 1.82) is 0 Å². The third-order valence-corrected chi connectivity index (χ3v) is 2.38. The monoisotopic (exact) mass is 218 g/mol. The Balaban J connectivity index is 2.86. The lowest BCUT2D eigenvalue weighted by Crippen LogP contribution is -2.09. The number of ether oxygens (including phenoxy) is 1. The molecular weight excluding hydrogens is 208 g/mol. The van der Waals surface area contributed by atoms with E-state index in [0.717, 1.165) is 5.39 Å². The van der Waals surface area contributed by atoms with Crippen molar-refractivity contribution in [2.24, 2.45) is 0 Å². The van der Waals surface area contributed by atoms with E-state index in [1.165, 1.54) is 19.4 Å². The maximum Gasteiger partial charge on any atom is 0.340 e. The van der Waals surface area contributed by atoms with Crippen molar-refractivity contribution in [1.82, 2.24) is 9.97 Å². The Morgan fingerprint density at radius 1 is 1.38 bits per heavy atom. The summed E-state index contributed by atoms with van der Waals surface area (Å²) in [5, 5.41) is 1.30. The van der Waals surface area contributed by atoms with Gasteiger partial charge in [-0.25, -0.2) is 4.79 Å². The van der Waals surface area contributed by atoms with Gasteiger partial charge in [-0.2, -0.15) is 0 Å². The molecule has 0 aliphatic heterocycles. The number of aromatic amines is 1. The van der Waals surface area contributed by atoms with E-state index >= 15 is 0 Å². The minimum absolute atomic E-state index is 0.249. The van der Waals surface area contributed by atoms with Crippen LogP contribution in [-0.4, -0.2) is 23.0 Å². The summed E-state index contributed by atoms with van der Waals surface area (Å²) < 4.78 is 4.63. The summed E-state index contributed by atoms with van der Waals surface area (Å²) in [7, 11) is 1.29. The molecule has 16 heavy (non-hydrogen) atoms. The summed E-state index contributed by atoms with van der Waals surface area (Å²) in [4.78, 5) is 29.4. The fraction of sp³-hybridized carbons (Fsp3) is 0.182. The van der Waals surface area contributed by atoms with Gasteiger partial charge < -0.3 is 9.72 Å². The topological polar surface area (TPSA) is 72.0 Å². The zero-order valence-corrected chi connectivity index (χ0v) is 8.90. The lowest BCUT2D eigenvalue weighted by molar-refractivity contribution is 0.0602. The first-order valence-electron chi connectivity index (χ1n) is 4.69. The van der Waals surface area contributed by atoms with Crippen LogP contribution in [0.25, 0.3) is 10.8 Å². The molecule has 2 rings (SSSR count). The Labute approximate surface area is 91.1 Å². The number of methoxy groups -OCH3 is 1. The van der Waals surface area contributed by atoms with Gasteiger partial charge in [0.15, 0.2) is 0 Å². The number of H-pyrrole nitrogens is 1. The lowest BCUT2D eigenvalue weighted by atomic mass is 10.1. The number of nitrogens with one attached hydrogen (secondary N) is 1. The van der Waals surface area contributed by atoms with E-state index in [4.69, 9.17) is 0 Å². The SMILES string of the molecule is COC(=O)c1cncc2c(C)[nH]c(=O)cc12. The normalized spacial score (nSPS) is 10.4. The molecule has 0 aromatic carbocycles. The van der Waals surface area contributed by atoms with E-state index in [9.17, 15) is 9.59 Å². The molecular formula is C11H10N2O3. The molecule has 5 nitrogen and oxygen atoms in total. The van der Waals surface area contributed by atoms with Crippen molar-refractivity contribution in [3.05, 3.63) is 40.1 Å². The van der Waals surface area contributed by atoms with Crippen molar-refractivity contribution >= 4 is 16.7 Å². The number of rotatable bonds is 1. The van der Waals surface area contributed by atoms with Crippen LogP contribution in [0.1, 0.15) is 16.1 Å². The van der Waals surface area contributed by atoms with Gasteiger partial charge in [0.25, 0.3) is 0 Å². The summed E-state index contributed by atoms with van der Waals surface area (Å²) in [5.74, 6) is -0.497. The van der Waals surface area contributed by atoms with Crippen LogP contribution < -0.4 is 5.56 Å². The predicted molar refractivity (Wildman–Crippen MR) is 58.4 cm³/mol. The van der Waals surface area contributed by atoms with Crippen LogP contribution in [0, 0.1) is 6.92 Å². The molecule has 2 heterocycles. The molecule has 0 aliphatic rings. The first kappa shape index (κ1) is 10.4. The maximum absolute atomic E-state index is 11.5. The lowest BCUT2D eigenvalue weighted by Gasteiger charge is -2.05. The van der Waals surface area contributed by atoms with Gasteiger partial charge in [0.2, 0.25) is 5.56 Å². The van der Waals surface area contributed by atoms with Gasteiger partial charge >= 0.3 is 5.97 Å². The Kier molecular flexibility index (Phi) is 2.44. The summed E-state index contributed by atoms with van der Waals surface area (Å²) in [6.07, 6.45) is 3.00. The molecule has 2 aromatic rings. The van der Waals surface area contributed by atoms with E-state index in [0.29, 0.717) is 16.6 Å². The minimum Gasteiger partial charge on any atom is -0.465 e. The predicted octanol–water partition coefficient (Wildman–Crippen LogP) is 1.02. The van der Waals surface area contributed by atoms with Gasteiger partial charge in [-0.1, -0.05) is 0 Å². The number of carbonyl (C=O) groups is 1. The highest BCUT2D eigenvalue weighted by molar-refractivity contribution is 6.04. The van der Waals surface area contributed by atoms with Crippen LogP contribution in [0.5, 0.6) is 0 Å². The molecule has 0 amide bonds. The van der Waals surface area contributed by atoms with Crippen molar-refractivity contribution < 1.29 is 9.53 Å². The van der Waals surface area contributed by atoms with E-state index in [1.54, 1.807) is 13.1 Å². The molecule has 0 aliphatic carbocycles. The number of fused-ring (bicyclic) bond motifs is 1. The van der Waals surface area contributed by atoms with E-state index in [2.05, 4.69) is 14.7 Å². The number of aryl methyl sites for hydroxylation is 1. The van der Waals surface area contributed by atoms with Crippen LogP contribution in [-0.2, 0) is 4.74 Å². The summed E-state index contributed by atoms with van der Waals surface area (Å²) in [6, 6.07) is 1.37. The molecule has 0 fully saturated rings. The zero-order valence-electron chi connectivity index (χ0n) is 8.90. The highest BCUT2D eigenvalue weighted by Crippen LogP contribution is 2.18. The van der Waals surface area contributed by atoms with Crippen LogP contribution in [0.15, 0.2) is 23.3 Å². The van der Waals surface area contributed by atoms with Gasteiger partial charge in [-0.3, -0.25) is 9.78 Å². The standard InChI is InChI=1S/C11H10N2O3/c1-6-8-4-12-5-9(11(15)16-2)7(8)3-10(14)13-6/h3-5H,1-2H3,(H,13,14). The average molecular weight is 218 g/mol. The van der Waals surface area contributed by atoms with Gasteiger partial charge in [0.05, 0.1) is 12.7 Å². The number of hydrogen-bond acceptors (Lipinski definition) is 4. The molecule has 1 N–H and O–H groups in total. The molecule has 0 spiro atoms. The molecule has 0 saturated heterocycles. The van der Waals surface area contributed by atoms with Crippen LogP contribution in [0.4, 0.5) is 0 Å². The fourth-order valence-corrected chi connectivity index (χ4v) is 1.62. The molecule has 2 aromatic heterocycles. The van der Waals surface area contributed by atoms with Crippen molar-refractivity contribution in [2.75, 3.05) is 7.11 Å². The summed E-state index contributed by atoms with van der Waals surface area (Å²) in [5.41, 5.74) is 0.733. The molecule has 0 atom stereocenters. The number of pyridine rings is 2. The summed E-state index contributed by atoms with van der Waals surface area (Å²) >= 11 is 0. The fourth-order valence-electron chi connectivity index (χ4n) is 1.62. The van der Waals surface area contributed by atoms with Crippen LogP contribution >= 0.6 is 0 Å². The Hall–Kier alpha value is -2.17. The number of carbonyl (C=O) groups excluding carboxylic acids is 1. The highest BCUT2D eigenvalue weighted by Gasteiger charge is 2.12. The minimum atomic E-state index is -0.497. The molecule has 0 saturated carbocycles. The number of nitrogens with zero attached hydrogens (tertiary/aromatic N) is 1. The van der Waals surface area contributed by atoms with Crippen molar-refractivity contribution in [3.63, 3.8) is 0 Å². The highest BCUT2D eigenvalue weighted by atomic mass is 16.5. The first-order valence-corrected chi connectivity index (χ1v) is 4.69. The molecule has 0 unspecified atom stereocenters. The van der Waals surface area contributed by atoms with E-state index in [-0.39, 0.29) is 5.56 Å². The number of hydrogen-bond donors (Lipinski definition) is 1. The third kappa shape index (κ3) is 1.56. The van der Waals surface area contributed by atoms with Gasteiger partial charge in [0, 0.05) is 34.9 Å². The van der Waals surface area contributed by atoms with E-state index < -0.39 is 5.97 Å². The molecule has 0 radical (unpaired) electrons. The van der Waals surface area contributed by atoms with Gasteiger partial charge in [-0.05, 0) is 6.92 Å². The van der Waals surface area contributed by atoms with Crippen molar-refractivity contribution in [2.45, 2.75) is 6.92 Å². The molecule has 82 valence electrons. The zero-order chi connectivity index (χ0) is 11.7. The van der Waals surface area contributed by atoms with Gasteiger partial charge in [-0.15, -0.1) is 0 Å². The Morgan fingerprint density at radius 2 is 2.12 bits per heavy atom. The second-order valence-corrected chi connectivity index (χ2v) is 3.40. The second-order valence-electron chi connectivity index (χ2n) is 3.40. The van der Waals surface area contributed by atoms with Crippen LogP contribution in [0.3, 0.4) is 0 Å². The molecule has 5 heteroatoms. The van der Waals surface area contributed by atoms with Crippen LogP contribution in [0.2, 0.25) is 0 Å². The number of aromatic nitrogens is 2.